The minimum absolute atomic E-state index is 0.0281. The van der Waals surface area contributed by atoms with Crippen molar-refractivity contribution in [2.45, 2.75) is 95.2 Å². The first-order chi connectivity index (χ1) is 26.6. The molecule has 3 N–H and O–H groups in total. The fourth-order valence-electron chi connectivity index (χ4n) is 9.65. The van der Waals surface area contributed by atoms with Gasteiger partial charge >= 0.3 is 12.1 Å². The van der Waals surface area contributed by atoms with E-state index in [1.54, 1.807) is 27.7 Å². The number of hydrogen-bond acceptors (Lipinski definition) is 18. The molecule has 4 aliphatic carbocycles. The lowest BCUT2D eigenvalue weighted by Gasteiger charge is -2.62. The second-order valence-corrected chi connectivity index (χ2v) is 15.6. The van der Waals surface area contributed by atoms with Gasteiger partial charge in [-0.1, -0.05) is 24.6 Å². The van der Waals surface area contributed by atoms with Crippen molar-refractivity contribution in [1.29, 1.82) is 0 Å². The number of alkyl halides is 1. The molecule has 0 amide bonds. The van der Waals surface area contributed by atoms with Gasteiger partial charge in [-0.2, -0.15) is 0 Å². The first-order valence-electron chi connectivity index (χ1n) is 17.9. The fraction of sp³-hybridized carbons (Fsp3) is 0.611. The molecule has 3 fully saturated rings. The third-order valence-corrected chi connectivity index (χ3v) is 12.1. The summed E-state index contributed by atoms with van der Waals surface area (Å²) in [5.74, 6) is -7.61. The maximum absolute atomic E-state index is 17.7. The number of phenols is 2. The van der Waals surface area contributed by atoms with E-state index in [-0.39, 0.29) is 31.5 Å². The SMILES string of the molecule is CC1(C)O[C@@H]2CC3C4CC=C5CC(=O)C=C[C@]5(C)[C@@]4(F)[C@@H](O)C[C@]3(C)[C@]2(C(=O)COC(=O)Oc2cc(C(=O)OCCC(CO[N+](=O)[O-])O[N+](=O)[O-])cc(O)c2O)O1. The Labute approximate surface area is 322 Å². The predicted molar refractivity (Wildman–Crippen MR) is 183 cm³/mol. The molecule has 1 heterocycles. The third-order valence-electron chi connectivity index (χ3n) is 12.1. The van der Waals surface area contributed by atoms with Crippen LogP contribution >= 0.6 is 0 Å². The second kappa shape index (κ2) is 14.5. The summed E-state index contributed by atoms with van der Waals surface area (Å²) >= 11 is 0. The van der Waals surface area contributed by atoms with E-state index in [4.69, 9.17) is 23.7 Å². The molecule has 0 radical (unpaired) electrons. The number of allylic oxidation sites excluding steroid dienone is 4. The average molecular weight is 809 g/mol. The van der Waals surface area contributed by atoms with Crippen molar-refractivity contribution in [3.05, 3.63) is 61.7 Å². The number of esters is 1. The van der Waals surface area contributed by atoms with Crippen LogP contribution in [0.15, 0.2) is 35.9 Å². The zero-order chi connectivity index (χ0) is 41.9. The number of halogens is 1. The smallest absolute Gasteiger partial charge is 0.504 e. The Hall–Kier alpha value is -5.41. The first kappa shape index (κ1) is 41.2. The van der Waals surface area contributed by atoms with E-state index in [1.807, 2.05) is 6.08 Å². The lowest BCUT2D eigenvalue weighted by molar-refractivity contribution is -0.790. The van der Waals surface area contributed by atoms with E-state index >= 15 is 4.39 Å². The summed E-state index contributed by atoms with van der Waals surface area (Å²) < 4.78 is 45.5. The van der Waals surface area contributed by atoms with E-state index in [2.05, 4.69) is 9.68 Å². The lowest BCUT2D eigenvalue weighted by atomic mass is 9.45. The molecule has 9 atom stereocenters. The minimum Gasteiger partial charge on any atom is -0.504 e. The number of ketones is 2. The van der Waals surface area contributed by atoms with Crippen molar-refractivity contribution >= 4 is 23.7 Å². The number of carbonyl (C=O) groups is 4. The third kappa shape index (κ3) is 6.90. The summed E-state index contributed by atoms with van der Waals surface area (Å²) in [5.41, 5.74) is -6.48. The molecule has 3 unspecified atom stereocenters. The number of benzene rings is 1. The molecule has 1 aromatic rings. The molecular weight excluding hydrogens is 767 g/mol. The van der Waals surface area contributed by atoms with E-state index in [0.29, 0.717) is 5.57 Å². The standard InChI is InChI=1S/C36H41FN2O18/c1-32(2)55-28-14-23-22-6-5-19-13-20(40)7-9-33(19,3)35(22,37)26(42)15-34(23,4)36(28,57-32)27(43)17-52-31(46)54-25-12-18(11-24(41)29(25)44)30(45)51-10-8-21(56-39(49)50)16-53-38(47)48/h5,7,9,11-12,21-23,26,28,41-42,44H,6,8,10,13-17H2,1-4H3/t21?,22?,23?,26-,28+,33-,34-,35-,36+/m0/s1. The van der Waals surface area contributed by atoms with Crippen LogP contribution in [0, 0.1) is 42.9 Å². The number of ether oxygens (including phenoxy) is 5. The van der Waals surface area contributed by atoms with Crippen LogP contribution in [0.1, 0.15) is 70.2 Å². The summed E-state index contributed by atoms with van der Waals surface area (Å²) in [6.45, 7) is 4.12. The molecule has 310 valence electrons. The summed E-state index contributed by atoms with van der Waals surface area (Å²) in [5, 5.41) is 51.0. The first-order valence-corrected chi connectivity index (χ1v) is 17.9. The zero-order valence-corrected chi connectivity index (χ0v) is 31.2. The molecule has 1 aromatic carbocycles. The number of hydrogen-bond donors (Lipinski definition) is 3. The van der Waals surface area contributed by atoms with Crippen molar-refractivity contribution in [2.24, 2.45) is 22.7 Å². The fourth-order valence-corrected chi connectivity index (χ4v) is 9.65. The van der Waals surface area contributed by atoms with Gasteiger partial charge in [-0.25, -0.2) is 14.0 Å². The molecule has 57 heavy (non-hydrogen) atoms. The molecule has 2 saturated carbocycles. The van der Waals surface area contributed by atoms with Crippen LogP contribution in [0.25, 0.3) is 0 Å². The molecule has 0 bridgehead atoms. The summed E-state index contributed by atoms with van der Waals surface area (Å²) in [4.78, 5) is 81.6. The zero-order valence-electron chi connectivity index (χ0n) is 31.2. The Morgan fingerprint density at radius 1 is 1.07 bits per heavy atom. The van der Waals surface area contributed by atoms with Crippen LogP contribution in [0.5, 0.6) is 17.2 Å². The Morgan fingerprint density at radius 2 is 1.79 bits per heavy atom. The number of phenolic OH excluding ortho intramolecular Hbond substituents is 2. The van der Waals surface area contributed by atoms with Crippen molar-refractivity contribution in [3.8, 4) is 17.2 Å². The summed E-state index contributed by atoms with van der Waals surface area (Å²) in [7, 11) is 0. The lowest BCUT2D eigenvalue weighted by Crippen LogP contribution is -2.69. The van der Waals surface area contributed by atoms with Gasteiger partial charge in [0.2, 0.25) is 11.5 Å². The number of fused-ring (bicyclic) bond motifs is 7. The van der Waals surface area contributed by atoms with E-state index in [9.17, 15) is 54.7 Å². The highest BCUT2D eigenvalue weighted by Gasteiger charge is 2.80. The van der Waals surface area contributed by atoms with Crippen molar-refractivity contribution in [3.63, 3.8) is 0 Å². The van der Waals surface area contributed by atoms with Crippen molar-refractivity contribution in [2.75, 3.05) is 19.8 Å². The molecule has 0 spiro atoms. The number of aliphatic hydroxyl groups is 1. The molecule has 1 saturated heterocycles. The monoisotopic (exact) mass is 808 g/mol. The Morgan fingerprint density at radius 3 is 2.47 bits per heavy atom. The van der Waals surface area contributed by atoms with Gasteiger partial charge in [0.05, 0.1) is 24.4 Å². The normalized spacial score (nSPS) is 33.6. The van der Waals surface area contributed by atoms with E-state index in [1.165, 1.54) is 12.2 Å². The van der Waals surface area contributed by atoms with Gasteiger partial charge in [0, 0.05) is 29.6 Å². The van der Waals surface area contributed by atoms with Crippen LogP contribution in [-0.2, 0) is 38.2 Å². The number of aromatic hydroxyl groups is 2. The highest BCUT2D eigenvalue weighted by Crippen LogP contribution is 2.72. The van der Waals surface area contributed by atoms with Gasteiger partial charge in [-0.3, -0.25) is 9.59 Å². The second-order valence-electron chi connectivity index (χ2n) is 15.6. The van der Waals surface area contributed by atoms with Crippen LogP contribution in [0.2, 0.25) is 0 Å². The number of nitrogens with zero attached hydrogens (tertiary/aromatic N) is 2. The predicted octanol–water partition coefficient (Wildman–Crippen LogP) is 3.39. The number of aliphatic hydroxyl groups excluding tert-OH is 1. The summed E-state index contributed by atoms with van der Waals surface area (Å²) in [6.07, 6.45) is -1.25. The quantitative estimate of drug-likeness (QED) is 0.0643. The topological polar surface area (TPSA) is 280 Å². The summed E-state index contributed by atoms with van der Waals surface area (Å²) in [6, 6.07) is 1.53. The largest absolute Gasteiger partial charge is 0.514 e. The van der Waals surface area contributed by atoms with Crippen molar-refractivity contribution < 1.29 is 82.4 Å². The van der Waals surface area contributed by atoms with Gasteiger partial charge in [0.15, 0.2) is 40.9 Å². The highest BCUT2D eigenvalue weighted by molar-refractivity contribution is 5.94. The molecular formula is C36H41FN2O18. The van der Waals surface area contributed by atoms with E-state index < -0.39 is 135 Å². The van der Waals surface area contributed by atoms with Gasteiger partial charge < -0.3 is 48.7 Å². The van der Waals surface area contributed by atoms with Gasteiger partial charge in [0.1, 0.15) is 12.7 Å². The van der Waals surface area contributed by atoms with Crippen LogP contribution < -0.4 is 4.74 Å². The van der Waals surface area contributed by atoms with E-state index in [0.717, 1.165) is 12.1 Å². The highest BCUT2D eigenvalue weighted by atomic mass is 19.1. The number of rotatable bonds is 13. The van der Waals surface area contributed by atoms with Gasteiger partial charge in [-0.15, -0.1) is 20.2 Å². The molecule has 20 nitrogen and oxygen atoms in total. The number of carbonyl (C=O) groups excluding carboxylic acids is 4. The minimum atomic E-state index is -2.20. The molecule has 6 rings (SSSR count). The maximum atomic E-state index is 17.7. The maximum Gasteiger partial charge on any atom is 0.514 e. The Bertz CT molecular complexity index is 1950. The van der Waals surface area contributed by atoms with Crippen LogP contribution in [0.3, 0.4) is 0 Å². The Balaban J connectivity index is 1.16. The van der Waals surface area contributed by atoms with Crippen LogP contribution in [0.4, 0.5) is 9.18 Å². The Kier molecular flexibility index (Phi) is 10.5. The molecule has 0 aromatic heterocycles. The number of Topliss-reactive ketones (excluding diaryl/α,β-unsaturated/α-hetero) is 1. The molecule has 21 heteroatoms. The molecule has 5 aliphatic rings. The molecule has 1 aliphatic heterocycles. The van der Waals surface area contributed by atoms with Gasteiger partial charge in [0.25, 0.3) is 10.2 Å². The van der Waals surface area contributed by atoms with Crippen molar-refractivity contribution in [1.82, 2.24) is 0 Å². The van der Waals surface area contributed by atoms with Crippen LogP contribution in [-0.4, -0.2) is 104 Å². The average Bonchev–Trinajstić information content (AvgIpc) is 3.53. The van der Waals surface area contributed by atoms with Gasteiger partial charge in [-0.05, 0) is 64.2 Å².